The quantitative estimate of drug-likeness (QED) is 0.222. The molecular formula is C29H50ClNO3Sn. The molecule has 1 aliphatic rings. The summed E-state index contributed by atoms with van der Waals surface area (Å²) in [5, 5.41) is 0.842. The molecule has 0 unspecified atom stereocenters. The van der Waals surface area contributed by atoms with Crippen molar-refractivity contribution in [1.29, 1.82) is 0 Å². The van der Waals surface area contributed by atoms with E-state index in [9.17, 15) is 4.79 Å². The molecule has 1 saturated heterocycles. The Morgan fingerprint density at radius 1 is 1.06 bits per heavy atom. The fourth-order valence-electron chi connectivity index (χ4n) is 5.30. The molecule has 1 aromatic carbocycles. The Hall–Kier alpha value is -0.621. The van der Waals surface area contributed by atoms with E-state index in [1.54, 1.807) is 0 Å². The Labute approximate surface area is 224 Å². The van der Waals surface area contributed by atoms with Crippen LogP contribution in [0.5, 0.6) is 5.75 Å². The third-order valence-electron chi connectivity index (χ3n) is 7.15. The van der Waals surface area contributed by atoms with Gasteiger partial charge in [0.15, 0.2) is 0 Å². The van der Waals surface area contributed by atoms with Crippen molar-refractivity contribution in [2.45, 2.75) is 125 Å². The van der Waals surface area contributed by atoms with Gasteiger partial charge in [-0.05, 0) is 0 Å². The maximum atomic E-state index is 12.7. The molecule has 2 rings (SSSR count). The van der Waals surface area contributed by atoms with E-state index in [-0.39, 0.29) is 12.2 Å². The first-order chi connectivity index (χ1) is 16.5. The van der Waals surface area contributed by atoms with E-state index in [1.807, 2.05) is 25.7 Å². The number of benzene rings is 1. The molecule has 200 valence electrons. The van der Waals surface area contributed by atoms with E-state index in [4.69, 9.17) is 21.1 Å². The van der Waals surface area contributed by atoms with Crippen LogP contribution in [0.15, 0.2) is 12.1 Å². The predicted octanol–water partition coefficient (Wildman–Crippen LogP) is 8.48. The number of hydrogen-bond donors (Lipinski definition) is 0. The van der Waals surface area contributed by atoms with E-state index >= 15 is 0 Å². The molecule has 0 saturated carbocycles. The van der Waals surface area contributed by atoms with Crippen LogP contribution in [0.25, 0.3) is 0 Å². The van der Waals surface area contributed by atoms with Crippen molar-refractivity contribution >= 4 is 39.7 Å². The minimum atomic E-state index is -2.78. The SMILES string of the molecule is CCC[CH2][Sn]([CH2]CCC)([CH2]CCC)[c]1cc(Cl)cc(C)c1O[C@H]1CCCN(C(=O)OC(C)(C)C)C1. The first-order valence-electron chi connectivity index (χ1n) is 14.0. The molecule has 0 aromatic heterocycles. The molecule has 1 amide bonds. The van der Waals surface area contributed by atoms with Crippen molar-refractivity contribution in [3.05, 3.63) is 22.7 Å². The molecule has 1 fully saturated rings. The van der Waals surface area contributed by atoms with E-state index in [2.05, 4.69) is 39.8 Å². The summed E-state index contributed by atoms with van der Waals surface area (Å²) in [6, 6.07) is 4.33. The number of unbranched alkanes of at least 4 members (excludes halogenated alkanes) is 3. The molecule has 35 heavy (non-hydrogen) atoms. The second-order valence-electron chi connectivity index (χ2n) is 11.5. The van der Waals surface area contributed by atoms with Crippen LogP contribution >= 0.6 is 11.6 Å². The van der Waals surface area contributed by atoms with Crippen molar-refractivity contribution in [1.82, 2.24) is 4.90 Å². The first kappa shape index (κ1) is 30.6. The van der Waals surface area contributed by atoms with Gasteiger partial charge in [-0.1, -0.05) is 0 Å². The number of hydrogen-bond acceptors (Lipinski definition) is 3. The summed E-state index contributed by atoms with van der Waals surface area (Å²) in [6.07, 6.45) is 9.24. The van der Waals surface area contributed by atoms with Gasteiger partial charge >= 0.3 is 225 Å². The van der Waals surface area contributed by atoms with E-state index in [0.717, 1.165) is 35.7 Å². The Bertz CT molecular complexity index is 786. The van der Waals surface area contributed by atoms with Gasteiger partial charge in [-0.3, -0.25) is 0 Å². The van der Waals surface area contributed by atoms with Crippen LogP contribution in [0.1, 0.15) is 98.5 Å². The van der Waals surface area contributed by atoms with Gasteiger partial charge in [0.25, 0.3) is 0 Å². The Balaban J connectivity index is 2.41. The molecule has 0 radical (unpaired) electrons. The number of aryl methyl sites for hydroxylation is 1. The molecule has 1 atom stereocenters. The molecular weight excluding hydrogens is 564 g/mol. The molecule has 0 aliphatic carbocycles. The van der Waals surface area contributed by atoms with E-state index < -0.39 is 24.0 Å². The Morgan fingerprint density at radius 3 is 2.14 bits per heavy atom. The molecule has 1 aromatic rings. The zero-order chi connectivity index (χ0) is 26.1. The summed E-state index contributed by atoms with van der Waals surface area (Å²) in [5.74, 6) is 1.09. The van der Waals surface area contributed by atoms with Crippen molar-refractivity contribution in [2.75, 3.05) is 13.1 Å². The molecule has 6 heteroatoms. The third-order valence-corrected chi connectivity index (χ3v) is 22.9. The summed E-state index contributed by atoms with van der Waals surface area (Å²) in [6.45, 7) is 16.1. The normalized spacial score (nSPS) is 16.9. The van der Waals surface area contributed by atoms with Gasteiger partial charge in [-0.15, -0.1) is 0 Å². The van der Waals surface area contributed by atoms with Crippen LogP contribution in [-0.2, 0) is 4.74 Å². The topological polar surface area (TPSA) is 38.8 Å². The molecule has 0 N–H and O–H groups in total. The molecule has 0 bridgehead atoms. The third kappa shape index (κ3) is 9.32. The number of piperidine rings is 1. The van der Waals surface area contributed by atoms with Crippen LogP contribution in [-0.4, -0.2) is 54.2 Å². The summed E-state index contributed by atoms with van der Waals surface area (Å²) in [5.41, 5.74) is 0.656. The molecule has 1 aliphatic heterocycles. The summed E-state index contributed by atoms with van der Waals surface area (Å²) >= 11 is 3.93. The number of nitrogens with zero attached hydrogens (tertiary/aromatic N) is 1. The second-order valence-corrected chi connectivity index (χ2v) is 25.1. The van der Waals surface area contributed by atoms with Gasteiger partial charge in [-0.25, -0.2) is 0 Å². The first-order valence-corrected chi connectivity index (χ1v) is 21.9. The van der Waals surface area contributed by atoms with Gasteiger partial charge in [0.05, 0.1) is 0 Å². The van der Waals surface area contributed by atoms with Crippen molar-refractivity contribution in [3.8, 4) is 5.75 Å². The van der Waals surface area contributed by atoms with Crippen molar-refractivity contribution < 1.29 is 14.3 Å². The molecule has 1 heterocycles. The zero-order valence-corrected chi connectivity index (χ0v) is 27.1. The van der Waals surface area contributed by atoms with Gasteiger partial charge in [0.1, 0.15) is 0 Å². The number of halogens is 1. The van der Waals surface area contributed by atoms with Crippen molar-refractivity contribution in [3.63, 3.8) is 0 Å². The number of amides is 1. The number of carbonyl (C=O) groups is 1. The monoisotopic (exact) mass is 615 g/mol. The zero-order valence-electron chi connectivity index (χ0n) is 23.5. The summed E-state index contributed by atoms with van der Waals surface area (Å²) in [7, 11) is 0. The van der Waals surface area contributed by atoms with Crippen LogP contribution in [0.4, 0.5) is 4.79 Å². The van der Waals surface area contributed by atoms with Crippen LogP contribution < -0.4 is 8.32 Å². The van der Waals surface area contributed by atoms with Gasteiger partial charge in [-0.2, -0.15) is 0 Å². The van der Waals surface area contributed by atoms with Crippen LogP contribution in [0.2, 0.25) is 18.3 Å². The molecule has 0 spiro atoms. The van der Waals surface area contributed by atoms with E-state index in [1.165, 1.54) is 55.4 Å². The van der Waals surface area contributed by atoms with Gasteiger partial charge < -0.3 is 0 Å². The standard InChI is InChI=1S/C17H23ClNO3.3C4H9.Sn/c1-12-10-13(18)7-8-15(12)21-14-6-5-9-19(11-14)16(20)22-17(2,3)4;3*1-3-4-2;/h7,10,14H,5-6,9,11H2,1-4H3;3*1,3-4H2,2H3;/t14-;;;;/m0..../s1. The number of rotatable bonds is 12. The Kier molecular flexibility index (Phi) is 12.5. The number of likely N-dealkylation sites (tertiary alicyclic amines) is 1. The fraction of sp³-hybridized carbons (Fsp3) is 0.759. The van der Waals surface area contributed by atoms with Gasteiger partial charge in [0.2, 0.25) is 0 Å². The fourth-order valence-corrected chi connectivity index (χ4v) is 22.5. The minimum absolute atomic E-state index is 0.0117. The molecule has 4 nitrogen and oxygen atoms in total. The van der Waals surface area contributed by atoms with Crippen molar-refractivity contribution in [2.24, 2.45) is 0 Å². The Morgan fingerprint density at radius 2 is 1.63 bits per heavy atom. The number of ether oxygens (including phenoxy) is 2. The van der Waals surface area contributed by atoms with Crippen LogP contribution in [0.3, 0.4) is 0 Å². The van der Waals surface area contributed by atoms with E-state index in [0.29, 0.717) is 6.54 Å². The summed E-state index contributed by atoms with van der Waals surface area (Å²) < 4.78 is 18.1. The predicted molar refractivity (Wildman–Crippen MR) is 152 cm³/mol. The number of carbonyl (C=O) groups excluding carboxylic acids is 1. The second kappa shape index (κ2) is 14.4. The van der Waals surface area contributed by atoms with Crippen LogP contribution in [0, 0.1) is 6.92 Å². The average Bonchev–Trinajstić information content (AvgIpc) is 2.79. The maximum absolute atomic E-state index is 12.7. The summed E-state index contributed by atoms with van der Waals surface area (Å²) in [4.78, 5) is 14.6. The van der Waals surface area contributed by atoms with Gasteiger partial charge in [0, 0.05) is 0 Å². The average molecular weight is 615 g/mol.